The van der Waals surface area contributed by atoms with Gasteiger partial charge in [0, 0.05) is 23.6 Å². The molecule has 0 saturated heterocycles. The Labute approximate surface area is 134 Å². The van der Waals surface area contributed by atoms with Crippen LogP contribution >= 0.6 is 15.9 Å². The fourth-order valence-corrected chi connectivity index (χ4v) is 3.68. The Morgan fingerprint density at radius 1 is 1.33 bits per heavy atom. The number of carbonyl (C=O) groups is 1. The highest BCUT2D eigenvalue weighted by atomic mass is 79.9. The number of hydrogen-bond donors (Lipinski definition) is 1. The lowest BCUT2D eigenvalue weighted by atomic mass is 10.2. The molecule has 0 radical (unpaired) electrons. The monoisotopic (exact) mass is 376 g/mol. The summed E-state index contributed by atoms with van der Waals surface area (Å²) >= 11 is 3.33. The van der Waals surface area contributed by atoms with Gasteiger partial charge in [-0.3, -0.25) is 4.79 Å². The summed E-state index contributed by atoms with van der Waals surface area (Å²) in [5.74, 6) is -0.169. The van der Waals surface area contributed by atoms with Gasteiger partial charge in [0.15, 0.2) is 0 Å². The van der Waals surface area contributed by atoms with Crippen LogP contribution in [0.3, 0.4) is 0 Å². The van der Waals surface area contributed by atoms with E-state index in [4.69, 9.17) is 0 Å². The van der Waals surface area contributed by atoms with Crippen molar-refractivity contribution in [2.75, 3.05) is 19.3 Å². The van der Waals surface area contributed by atoms with E-state index in [1.54, 1.807) is 18.2 Å². The maximum Gasteiger partial charge on any atom is 0.252 e. The Kier molecular flexibility index (Phi) is 6.83. The fraction of sp³-hybridized carbons (Fsp3) is 0.500. The summed E-state index contributed by atoms with van der Waals surface area (Å²) in [5, 5.41) is 2.80. The zero-order valence-electron chi connectivity index (χ0n) is 12.5. The molecule has 118 valence electrons. The first-order chi connectivity index (χ1) is 9.73. The molecule has 0 aromatic heterocycles. The van der Waals surface area contributed by atoms with Crippen LogP contribution < -0.4 is 5.32 Å². The standard InChI is InChI=1S/C14H21BrN2O3S/c1-11(2)17(21(3,19)20)10-6-9-16-14(18)12-7-4-5-8-13(12)15/h4-5,7-8,11H,6,9-10H2,1-3H3,(H,16,18). The summed E-state index contributed by atoms with van der Waals surface area (Å²) in [4.78, 5) is 12.0. The first-order valence-electron chi connectivity index (χ1n) is 6.73. The summed E-state index contributed by atoms with van der Waals surface area (Å²) in [6, 6.07) is 7.09. The van der Waals surface area contributed by atoms with Crippen molar-refractivity contribution < 1.29 is 13.2 Å². The molecule has 0 atom stereocenters. The first-order valence-corrected chi connectivity index (χ1v) is 9.37. The van der Waals surface area contributed by atoms with E-state index in [9.17, 15) is 13.2 Å². The van der Waals surface area contributed by atoms with Crippen molar-refractivity contribution in [1.82, 2.24) is 9.62 Å². The van der Waals surface area contributed by atoms with E-state index in [0.717, 1.165) is 4.47 Å². The van der Waals surface area contributed by atoms with Crippen LogP contribution in [0.2, 0.25) is 0 Å². The topological polar surface area (TPSA) is 66.5 Å². The lowest BCUT2D eigenvalue weighted by Crippen LogP contribution is -2.38. The molecular weight excluding hydrogens is 356 g/mol. The summed E-state index contributed by atoms with van der Waals surface area (Å²) in [6.45, 7) is 4.49. The molecule has 0 unspecified atom stereocenters. The average Bonchev–Trinajstić information content (AvgIpc) is 2.36. The number of sulfonamides is 1. The fourth-order valence-electron chi connectivity index (χ4n) is 1.98. The zero-order chi connectivity index (χ0) is 16.0. The van der Waals surface area contributed by atoms with Gasteiger partial charge in [0.2, 0.25) is 10.0 Å². The molecule has 0 aliphatic heterocycles. The Morgan fingerprint density at radius 3 is 2.48 bits per heavy atom. The van der Waals surface area contributed by atoms with E-state index in [2.05, 4.69) is 21.2 Å². The molecule has 1 N–H and O–H groups in total. The third kappa shape index (κ3) is 5.76. The second-order valence-corrected chi connectivity index (χ2v) is 7.85. The van der Waals surface area contributed by atoms with Gasteiger partial charge in [-0.1, -0.05) is 12.1 Å². The van der Waals surface area contributed by atoms with Crippen molar-refractivity contribution in [3.8, 4) is 0 Å². The van der Waals surface area contributed by atoms with Crippen LogP contribution in [0.15, 0.2) is 28.7 Å². The maximum absolute atomic E-state index is 12.0. The maximum atomic E-state index is 12.0. The highest BCUT2D eigenvalue weighted by Gasteiger charge is 2.19. The first kappa shape index (κ1) is 18.1. The highest BCUT2D eigenvalue weighted by molar-refractivity contribution is 9.10. The van der Waals surface area contributed by atoms with Crippen LogP contribution in [0.4, 0.5) is 0 Å². The van der Waals surface area contributed by atoms with Gasteiger partial charge in [-0.05, 0) is 48.3 Å². The van der Waals surface area contributed by atoms with Crippen LogP contribution in [0.5, 0.6) is 0 Å². The summed E-state index contributed by atoms with van der Waals surface area (Å²) in [7, 11) is -3.21. The zero-order valence-corrected chi connectivity index (χ0v) is 14.9. The molecule has 0 heterocycles. The molecular formula is C14H21BrN2O3S. The minimum absolute atomic E-state index is 0.0843. The van der Waals surface area contributed by atoms with Gasteiger partial charge in [-0.25, -0.2) is 8.42 Å². The molecule has 0 spiro atoms. The number of amides is 1. The Bertz CT molecular complexity index is 588. The smallest absolute Gasteiger partial charge is 0.252 e. The van der Waals surface area contributed by atoms with Crippen molar-refractivity contribution >= 4 is 31.9 Å². The molecule has 0 fully saturated rings. The minimum Gasteiger partial charge on any atom is -0.352 e. The molecule has 0 saturated carbocycles. The SMILES string of the molecule is CC(C)N(CCCNC(=O)c1ccccc1Br)S(C)(=O)=O. The van der Waals surface area contributed by atoms with E-state index in [-0.39, 0.29) is 11.9 Å². The lowest BCUT2D eigenvalue weighted by molar-refractivity contribution is 0.0952. The van der Waals surface area contributed by atoms with E-state index >= 15 is 0 Å². The second-order valence-electron chi connectivity index (χ2n) is 5.06. The Morgan fingerprint density at radius 2 is 1.95 bits per heavy atom. The third-order valence-corrected chi connectivity index (χ3v) is 5.11. The van der Waals surface area contributed by atoms with Gasteiger partial charge in [-0.2, -0.15) is 4.31 Å². The van der Waals surface area contributed by atoms with Gasteiger partial charge < -0.3 is 5.32 Å². The van der Waals surface area contributed by atoms with Crippen molar-refractivity contribution in [1.29, 1.82) is 0 Å². The van der Waals surface area contributed by atoms with Crippen molar-refractivity contribution in [3.05, 3.63) is 34.3 Å². The summed E-state index contributed by atoms with van der Waals surface area (Å²) < 4.78 is 25.4. The number of benzene rings is 1. The molecule has 5 nitrogen and oxygen atoms in total. The molecule has 21 heavy (non-hydrogen) atoms. The quantitative estimate of drug-likeness (QED) is 0.742. The van der Waals surface area contributed by atoms with Crippen LogP contribution in [0.25, 0.3) is 0 Å². The minimum atomic E-state index is -3.21. The molecule has 0 bridgehead atoms. The Hall–Kier alpha value is -0.920. The number of halogens is 1. The van der Waals surface area contributed by atoms with Crippen LogP contribution in [0.1, 0.15) is 30.6 Å². The van der Waals surface area contributed by atoms with Gasteiger partial charge in [-0.15, -0.1) is 0 Å². The largest absolute Gasteiger partial charge is 0.352 e. The highest BCUT2D eigenvalue weighted by Crippen LogP contribution is 2.15. The average molecular weight is 377 g/mol. The Balaban J connectivity index is 2.47. The van der Waals surface area contributed by atoms with Gasteiger partial charge >= 0.3 is 0 Å². The van der Waals surface area contributed by atoms with Crippen molar-refractivity contribution in [2.45, 2.75) is 26.3 Å². The molecule has 1 aromatic carbocycles. The van der Waals surface area contributed by atoms with Crippen LogP contribution in [0, 0.1) is 0 Å². The van der Waals surface area contributed by atoms with Crippen LogP contribution in [-0.2, 0) is 10.0 Å². The number of carbonyl (C=O) groups excluding carboxylic acids is 1. The number of hydrogen-bond acceptors (Lipinski definition) is 3. The molecule has 0 aliphatic rings. The number of rotatable bonds is 7. The van der Waals surface area contributed by atoms with E-state index in [1.165, 1.54) is 10.6 Å². The number of nitrogens with one attached hydrogen (secondary N) is 1. The third-order valence-electron chi connectivity index (χ3n) is 2.96. The molecule has 1 aromatic rings. The normalized spacial score (nSPS) is 11.9. The molecule has 7 heteroatoms. The second kappa shape index (κ2) is 7.91. The van der Waals surface area contributed by atoms with Crippen LogP contribution in [-0.4, -0.2) is 44.0 Å². The van der Waals surface area contributed by atoms with Crippen molar-refractivity contribution in [2.24, 2.45) is 0 Å². The van der Waals surface area contributed by atoms with Gasteiger partial charge in [0.05, 0.1) is 11.8 Å². The molecule has 0 aliphatic carbocycles. The number of nitrogens with zero attached hydrogens (tertiary/aromatic N) is 1. The lowest BCUT2D eigenvalue weighted by Gasteiger charge is -2.23. The summed E-state index contributed by atoms with van der Waals surface area (Å²) in [5.41, 5.74) is 0.571. The van der Waals surface area contributed by atoms with E-state index in [0.29, 0.717) is 25.1 Å². The predicted octanol–water partition coefficient (Wildman–Crippen LogP) is 2.24. The molecule has 1 rings (SSSR count). The predicted molar refractivity (Wildman–Crippen MR) is 87.8 cm³/mol. The van der Waals surface area contributed by atoms with E-state index in [1.807, 2.05) is 19.9 Å². The molecule has 1 amide bonds. The van der Waals surface area contributed by atoms with Crippen molar-refractivity contribution in [3.63, 3.8) is 0 Å². The van der Waals surface area contributed by atoms with Gasteiger partial charge in [0.1, 0.15) is 0 Å². The van der Waals surface area contributed by atoms with Gasteiger partial charge in [0.25, 0.3) is 5.91 Å². The van der Waals surface area contributed by atoms with E-state index < -0.39 is 10.0 Å². The summed E-state index contributed by atoms with van der Waals surface area (Å²) in [6.07, 6.45) is 1.77.